The van der Waals surface area contributed by atoms with E-state index in [-0.39, 0.29) is 0 Å². The summed E-state index contributed by atoms with van der Waals surface area (Å²) in [5.41, 5.74) is 4.63. The zero-order chi connectivity index (χ0) is 9.47. The molecule has 1 aromatic carbocycles. The summed E-state index contributed by atoms with van der Waals surface area (Å²) in [6.45, 7) is 8.87. The van der Waals surface area contributed by atoms with Gasteiger partial charge in [0.2, 0.25) is 0 Å². The van der Waals surface area contributed by atoms with Crippen LogP contribution < -0.4 is 5.32 Å². The van der Waals surface area contributed by atoms with Crippen LogP contribution in [-0.2, 0) is 12.0 Å². The number of fused-ring (bicyclic) bond motifs is 1. The van der Waals surface area contributed by atoms with E-state index >= 15 is 0 Å². The molecule has 0 spiro atoms. The molecule has 1 N–H and O–H groups in total. The van der Waals surface area contributed by atoms with Gasteiger partial charge in [-0.25, -0.2) is 0 Å². The van der Waals surface area contributed by atoms with Crippen LogP contribution in [0.1, 0.15) is 30.5 Å². The second-order valence-electron chi connectivity index (χ2n) is 4.65. The van der Waals surface area contributed by atoms with Gasteiger partial charge in [-0.05, 0) is 18.1 Å². The van der Waals surface area contributed by atoms with Gasteiger partial charge in [0.05, 0.1) is 0 Å². The van der Waals surface area contributed by atoms with Crippen LogP contribution in [0.3, 0.4) is 0 Å². The lowest BCUT2D eigenvalue weighted by Gasteiger charge is -2.33. The molecular weight excluding hydrogens is 158 g/mol. The Kier molecular flexibility index (Phi) is 1.92. The number of rotatable bonds is 0. The van der Waals surface area contributed by atoms with Gasteiger partial charge in [0, 0.05) is 18.5 Å². The Bertz CT molecular complexity index is 326. The monoisotopic (exact) mass is 175 g/mol. The number of hydrogen-bond donors (Lipinski definition) is 1. The van der Waals surface area contributed by atoms with E-state index in [0.29, 0.717) is 5.41 Å². The van der Waals surface area contributed by atoms with Gasteiger partial charge in [-0.1, -0.05) is 37.6 Å². The summed E-state index contributed by atoms with van der Waals surface area (Å²) < 4.78 is 0. The maximum Gasteiger partial charge on any atom is 0.0208 e. The second-order valence-corrected chi connectivity index (χ2v) is 4.65. The molecule has 0 aliphatic carbocycles. The zero-order valence-electron chi connectivity index (χ0n) is 8.65. The van der Waals surface area contributed by atoms with E-state index in [1.54, 1.807) is 0 Å². The highest BCUT2D eigenvalue weighted by atomic mass is 14.9. The average Bonchev–Trinajstić information content (AvgIpc) is 2.02. The molecular formula is C12H17N. The van der Waals surface area contributed by atoms with E-state index < -0.39 is 0 Å². The molecule has 1 aliphatic rings. The molecule has 1 heterocycles. The van der Waals surface area contributed by atoms with Gasteiger partial charge in [-0.3, -0.25) is 0 Å². The molecule has 70 valence electrons. The van der Waals surface area contributed by atoms with Gasteiger partial charge in [0.15, 0.2) is 0 Å². The Hall–Kier alpha value is -0.820. The van der Waals surface area contributed by atoms with Crippen LogP contribution in [0.2, 0.25) is 0 Å². The number of benzene rings is 1. The van der Waals surface area contributed by atoms with Crippen LogP contribution in [0, 0.1) is 6.92 Å². The number of aryl methyl sites for hydroxylation is 1. The first-order valence-corrected chi connectivity index (χ1v) is 4.90. The summed E-state index contributed by atoms with van der Waals surface area (Å²) in [6.07, 6.45) is 0. The lowest BCUT2D eigenvalue weighted by atomic mass is 9.79. The molecule has 2 rings (SSSR count). The van der Waals surface area contributed by atoms with Crippen molar-refractivity contribution in [3.05, 3.63) is 34.9 Å². The lowest BCUT2D eigenvalue weighted by molar-refractivity contribution is 0.435. The summed E-state index contributed by atoms with van der Waals surface area (Å²) >= 11 is 0. The maximum atomic E-state index is 3.46. The predicted octanol–water partition coefficient (Wildman–Crippen LogP) is 2.38. The van der Waals surface area contributed by atoms with Gasteiger partial charge >= 0.3 is 0 Å². The topological polar surface area (TPSA) is 12.0 Å². The minimum absolute atomic E-state index is 0.293. The Balaban J connectivity index is 2.53. The van der Waals surface area contributed by atoms with Crippen molar-refractivity contribution in [2.45, 2.75) is 32.7 Å². The molecule has 0 amide bonds. The van der Waals surface area contributed by atoms with Crippen molar-refractivity contribution in [2.75, 3.05) is 6.54 Å². The minimum atomic E-state index is 0.293. The van der Waals surface area contributed by atoms with Crippen molar-refractivity contribution >= 4 is 0 Å². The zero-order valence-corrected chi connectivity index (χ0v) is 8.65. The SMILES string of the molecule is Cc1ccc2c(c1)CNCC2(C)C. The first-order chi connectivity index (χ1) is 6.09. The van der Waals surface area contributed by atoms with E-state index in [0.717, 1.165) is 13.1 Å². The molecule has 0 saturated carbocycles. The summed E-state index contributed by atoms with van der Waals surface area (Å²) in [4.78, 5) is 0. The molecule has 0 radical (unpaired) electrons. The molecule has 1 nitrogen and oxygen atoms in total. The predicted molar refractivity (Wildman–Crippen MR) is 55.9 cm³/mol. The molecule has 1 heteroatoms. The molecule has 1 aromatic rings. The third kappa shape index (κ3) is 1.49. The van der Waals surface area contributed by atoms with Crippen molar-refractivity contribution < 1.29 is 0 Å². The minimum Gasteiger partial charge on any atom is -0.312 e. The molecule has 0 saturated heterocycles. The van der Waals surface area contributed by atoms with Crippen LogP contribution in [0.25, 0.3) is 0 Å². The molecule has 0 fully saturated rings. The average molecular weight is 175 g/mol. The van der Waals surface area contributed by atoms with Crippen molar-refractivity contribution in [3.8, 4) is 0 Å². The fraction of sp³-hybridized carbons (Fsp3) is 0.500. The molecule has 1 aliphatic heterocycles. The summed E-state index contributed by atoms with van der Waals surface area (Å²) in [5.74, 6) is 0. The smallest absolute Gasteiger partial charge is 0.0208 e. The van der Waals surface area contributed by atoms with Crippen molar-refractivity contribution in [1.82, 2.24) is 5.32 Å². The van der Waals surface area contributed by atoms with E-state index in [2.05, 4.69) is 44.3 Å². The normalized spacial score (nSPS) is 19.6. The van der Waals surface area contributed by atoms with E-state index in [1.165, 1.54) is 16.7 Å². The molecule has 0 aromatic heterocycles. The second kappa shape index (κ2) is 2.85. The highest BCUT2D eigenvalue weighted by Crippen LogP contribution is 2.29. The Morgan fingerprint density at radius 2 is 2.08 bits per heavy atom. The van der Waals surface area contributed by atoms with Gasteiger partial charge in [0.1, 0.15) is 0 Å². The summed E-state index contributed by atoms with van der Waals surface area (Å²) in [7, 11) is 0. The van der Waals surface area contributed by atoms with Gasteiger partial charge in [-0.15, -0.1) is 0 Å². The fourth-order valence-electron chi connectivity index (χ4n) is 2.13. The fourth-order valence-corrected chi connectivity index (χ4v) is 2.13. The van der Waals surface area contributed by atoms with Crippen molar-refractivity contribution in [2.24, 2.45) is 0 Å². The van der Waals surface area contributed by atoms with Crippen LogP contribution in [0.4, 0.5) is 0 Å². The summed E-state index contributed by atoms with van der Waals surface area (Å²) in [6, 6.07) is 6.79. The first kappa shape index (κ1) is 8.76. The van der Waals surface area contributed by atoms with Crippen LogP contribution in [0.15, 0.2) is 18.2 Å². The van der Waals surface area contributed by atoms with E-state index in [4.69, 9.17) is 0 Å². The molecule has 0 bridgehead atoms. The lowest BCUT2D eigenvalue weighted by Crippen LogP contribution is -2.38. The Morgan fingerprint density at radius 1 is 1.31 bits per heavy atom. The Morgan fingerprint density at radius 3 is 2.85 bits per heavy atom. The highest BCUT2D eigenvalue weighted by Gasteiger charge is 2.26. The van der Waals surface area contributed by atoms with Crippen molar-refractivity contribution in [3.63, 3.8) is 0 Å². The maximum absolute atomic E-state index is 3.46. The quantitative estimate of drug-likeness (QED) is 0.638. The van der Waals surface area contributed by atoms with Gasteiger partial charge in [-0.2, -0.15) is 0 Å². The molecule has 13 heavy (non-hydrogen) atoms. The van der Waals surface area contributed by atoms with Gasteiger partial charge in [0.25, 0.3) is 0 Å². The van der Waals surface area contributed by atoms with Gasteiger partial charge < -0.3 is 5.32 Å². The Labute approximate surface area is 80.2 Å². The number of hydrogen-bond acceptors (Lipinski definition) is 1. The third-order valence-corrected chi connectivity index (χ3v) is 2.87. The molecule has 0 unspecified atom stereocenters. The van der Waals surface area contributed by atoms with Crippen LogP contribution in [0.5, 0.6) is 0 Å². The molecule has 0 atom stereocenters. The summed E-state index contributed by atoms with van der Waals surface area (Å²) in [5, 5.41) is 3.46. The van der Waals surface area contributed by atoms with E-state index in [9.17, 15) is 0 Å². The van der Waals surface area contributed by atoms with Crippen LogP contribution in [-0.4, -0.2) is 6.54 Å². The van der Waals surface area contributed by atoms with Crippen molar-refractivity contribution in [1.29, 1.82) is 0 Å². The van der Waals surface area contributed by atoms with E-state index in [1.807, 2.05) is 0 Å². The first-order valence-electron chi connectivity index (χ1n) is 4.90. The number of nitrogens with one attached hydrogen (secondary N) is 1. The highest BCUT2D eigenvalue weighted by molar-refractivity contribution is 5.38. The van der Waals surface area contributed by atoms with Crippen LogP contribution >= 0.6 is 0 Å². The third-order valence-electron chi connectivity index (χ3n) is 2.87. The standard InChI is InChI=1S/C12H17N/c1-9-4-5-11-10(6-9)7-13-8-12(11,2)3/h4-6,13H,7-8H2,1-3H3. The largest absolute Gasteiger partial charge is 0.312 e.